The second-order valence-electron chi connectivity index (χ2n) is 13.5. The van der Waals surface area contributed by atoms with Crippen molar-refractivity contribution in [3.8, 4) is 6.07 Å². The molecule has 47 heavy (non-hydrogen) atoms. The molecule has 1 atom stereocenters. The number of allylic oxidation sites excluding steroid dienone is 9. The lowest BCUT2D eigenvalue weighted by molar-refractivity contribution is 0.0226. The smallest absolute Gasteiger partial charge is 0.410 e. The molecule has 2 heterocycles. The minimum atomic E-state index is -0.565. The lowest BCUT2D eigenvalue weighted by Crippen LogP contribution is -2.39. The third kappa shape index (κ3) is 11.6. The molecule has 0 bridgehead atoms. The Bertz CT molecular complexity index is 1440. The fourth-order valence-electron chi connectivity index (χ4n) is 5.65. The average Bonchev–Trinajstić information content (AvgIpc) is 3.34. The Morgan fingerprint density at radius 1 is 1.30 bits per heavy atom. The molecule has 2 aliphatic heterocycles. The maximum atomic E-state index is 13.0. The van der Waals surface area contributed by atoms with Gasteiger partial charge in [0.15, 0.2) is 0 Å². The third-order valence-electron chi connectivity index (χ3n) is 7.66. The summed E-state index contributed by atoms with van der Waals surface area (Å²) in [6.07, 6.45) is 14.9. The molecule has 0 aromatic rings. The standard InChI is InChI=1S/C40H56N4O3/c1-13-17-32(25-41)24-34(14-2)44-27-35(33-19-16-23-46-31(8)20-21-33)37(38(44)42-12)36(29(5)6)30(7)18-15-22-43(26-28(3)4)39(45)47-40(9,10)11/h13-14,17,19,24,27-28,31H,1-2,5,7,15-16,18,20-23,26H2,3-4,6,8-12H3/b32-17+,33-19-,34-24+,37-36+,42-38?/t31-/m1/s1. The molecule has 0 spiro atoms. The van der Waals surface area contributed by atoms with E-state index in [1.807, 2.05) is 32.6 Å². The van der Waals surface area contributed by atoms with Gasteiger partial charge in [0.1, 0.15) is 11.4 Å². The van der Waals surface area contributed by atoms with Crippen LogP contribution in [-0.2, 0) is 9.47 Å². The highest BCUT2D eigenvalue weighted by atomic mass is 16.6. The van der Waals surface area contributed by atoms with Crippen molar-refractivity contribution in [3.63, 3.8) is 0 Å². The van der Waals surface area contributed by atoms with E-state index < -0.39 is 5.60 Å². The molecule has 0 fully saturated rings. The molecule has 0 aliphatic carbocycles. The van der Waals surface area contributed by atoms with Gasteiger partial charge in [-0.2, -0.15) is 5.26 Å². The van der Waals surface area contributed by atoms with E-state index in [4.69, 9.17) is 14.5 Å². The maximum absolute atomic E-state index is 13.0. The van der Waals surface area contributed by atoms with Gasteiger partial charge in [-0.15, -0.1) is 0 Å². The van der Waals surface area contributed by atoms with E-state index in [2.05, 4.69) is 65.4 Å². The molecule has 0 aromatic carbocycles. The number of aliphatic imine (C=N–C) groups is 1. The fourth-order valence-corrected chi connectivity index (χ4v) is 5.65. The molecule has 7 heteroatoms. The van der Waals surface area contributed by atoms with Gasteiger partial charge in [0, 0.05) is 43.2 Å². The Balaban J connectivity index is 2.64. The van der Waals surface area contributed by atoms with E-state index in [1.165, 1.54) is 5.57 Å². The van der Waals surface area contributed by atoms with E-state index in [0.717, 1.165) is 53.0 Å². The van der Waals surface area contributed by atoms with Gasteiger partial charge in [-0.1, -0.05) is 57.9 Å². The zero-order valence-electron chi connectivity index (χ0n) is 30.1. The number of ether oxygens (including phenoxy) is 2. The SMILES string of the molecule is C=C/C=C(C#N)\C=C(/C=C)N1C=C(/C2=C\CCO[C@H](C)CC2)/C(=C(/C(=C)C)C(=C)CCCN(CC(C)C)C(=O)OC(C)(C)C)C1=NC. The topological polar surface area (TPSA) is 78.2 Å². The van der Waals surface area contributed by atoms with Crippen LogP contribution in [0, 0.1) is 17.2 Å². The summed E-state index contributed by atoms with van der Waals surface area (Å²) in [6, 6.07) is 2.23. The minimum Gasteiger partial charge on any atom is -0.444 e. The summed E-state index contributed by atoms with van der Waals surface area (Å²) < 4.78 is 11.6. The van der Waals surface area contributed by atoms with Crippen molar-refractivity contribution >= 4 is 11.9 Å². The third-order valence-corrected chi connectivity index (χ3v) is 7.66. The minimum absolute atomic E-state index is 0.156. The van der Waals surface area contributed by atoms with Gasteiger partial charge in [0.25, 0.3) is 0 Å². The van der Waals surface area contributed by atoms with Crippen LogP contribution in [0.2, 0.25) is 0 Å². The fraction of sp³-hybridized carbons (Fsp3) is 0.475. The summed E-state index contributed by atoms with van der Waals surface area (Å²) in [6.45, 7) is 32.6. The highest BCUT2D eigenvalue weighted by molar-refractivity contribution is 6.10. The van der Waals surface area contributed by atoms with Crippen molar-refractivity contribution in [1.82, 2.24) is 9.80 Å². The van der Waals surface area contributed by atoms with Crippen molar-refractivity contribution in [2.45, 2.75) is 92.3 Å². The lowest BCUT2D eigenvalue weighted by atomic mass is 9.85. The first-order valence-electron chi connectivity index (χ1n) is 16.6. The number of carbonyl (C=O) groups excluding carboxylic acids is 1. The van der Waals surface area contributed by atoms with Crippen LogP contribution in [0.4, 0.5) is 4.79 Å². The van der Waals surface area contributed by atoms with Gasteiger partial charge in [-0.25, -0.2) is 4.79 Å². The Hall–Kier alpha value is -4.15. The van der Waals surface area contributed by atoms with Crippen LogP contribution in [0.15, 0.2) is 113 Å². The molecule has 0 N–H and O–H groups in total. The van der Waals surface area contributed by atoms with Crippen molar-refractivity contribution < 1.29 is 14.3 Å². The second-order valence-corrected chi connectivity index (χ2v) is 13.5. The molecule has 0 saturated heterocycles. The number of hydrogen-bond acceptors (Lipinski definition) is 5. The van der Waals surface area contributed by atoms with Gasteiger partial charge >= 0.3 is 6.09 Å². The molecule has 254 valence electrons. The zero-order chi connectivity index (χ0) is 35.3. The molecule has 0 saturated carbocycles. The van der Waals surface area contributed by atoms with Crippen LogP contribution in [0.3, 0.4) is 0 Å². The molecule has 7 nitrogen and oxygen atoms in total. The number of rotatable bonds is 13. The number of hydrogen-bond donors (Lipinski definition) is 0. The highest BCUT2D eigenvalue weighted by Crippen LogP contribution is 2.41. The van der Waals surface area contributed by atoms with Crippen LogP contribution in [-0.4, -0.2) is 60.2 Å². The molecule has 1 amide bonds. The number of nitriles is 1. The van der Waals surface area contributed by atoms with Crippen molar-refractivity contribution in [3.05, 3.63) is 108 Å². The quantitative estimate of drug-likeness (QED) is 0.148. The number of amides is 1. The van der Waals surface area contributed by atoms with Gasteiger partial charge in [-0.3, -0.25) is 4.99 Å². The maximum Gasteiger partial charge on any atom is 0.410 e. The largest absolute Gasteiger partial charge is 0.444 e. The van der Waals surface area contributed by atoms with E-state index in [0.29, 0.717) is 49.7 Å². The van der Waals surface area contributed by atoms with Crippen LogP contribution in [0.5, 0.6) is 0 Å². The highest BCUT2D eigenvalue weighted by Gasteiger charge is 2.33. The van der Waals surface area contributed by atoms with Crippen LogP contribution >= 0.6 is 0 Å². The first-order valence-corrected chi connectivity index (χ1v) is 16.6. The Morgan fingerprint density at radius 2 is 2.00 bits per heavy atom. The summed E-state index contributed by atoms with van der Waals surface area (Å²) in [5, 5.41) is 9.76. The van der Waals surface area contributed by atoms with Gasteiger partial charge in [0.2, 0.25) is 0 Å². The summed E-state index contributed by atoms with van der Waals surface area (Å²) in [4.78, 5) is 21.6. The normalized spacial score (nSPS) is 20.8. The molecule has 0 unspecified atom stereocenters. The lowest BCUT2D eigenvalue weighted by Gasteiger charge is -2.29. The summed E-state index contributed by atoms with van der Waals surface area (Å²) >= 11 is 0. The van der Waals surface area contributed by atoms with Crippen molar-refractivity contribution in [2.75, 3.05) is 26.7 Å². The van der Waals surface area contributed by atoms with E-state index >= 15 is 0 Å². The first-order chi connectivity index (χ1) is 22.2. The predicted molar refractivity (Wildman–Crippen MR) is 196 cm³/mol. The predicted octanol–water partition coefficient (Wildman–Crippen LogP) is 9.54. The first kappa shape index (κ1) is 39.0. The summed E-state index contributed by atoms with van der Waals surface area (Å²) in [5.41, 5.74) is 6.56. The van der Waals surface area contributed by atoms with E-state index in [1.54, 1.807) is 36.3 Å². The molecule has 2 rings (SSSR count). The number of carbonyl (C=O) groups is 1. The number of nitrogens with zero attached hydrogens (tertiary/aromatic N) is 4. The summed E-state index contributed by atoms with van der Waals surface area (Å²) in [7, 11) is 1.77. The van der Waals surface area contributed by atoms with Crippen LogP contribution < -0.4 is 0 Å². The van der Waals surface area contributed by atoms with E-state index in [-0.39, 0.29) is 12.2 Å². The van der Waals surface area contributed by atoms with Crippen LogP contribution in [0.1, 0.15) is 80.6 Å². The summed E-state index contributed by atoms with van der Waals surface area (Å²) in [5.74, 6) is 1.03. The Kier molecular flexibility index (Phi) is 15.2. The van der Waals surface area contributed by atoms with Gasteiger partial charge in [0.05, 0.1) is 24.4 Å². The second kappa shape index (κ2) is 18.3. The monoisotopic (exact) mass is 640 g/mol. The molecule has 2 aliphatic rings. The van der Waals surface area contributed by atoms with Gasteiger partial charge in [-0.05, 0) is 108 Å². The van der Waals surface area contributed by atoms with Gasteiger partial charge < -0.3 is 19.3 Å². The number of amidine groups is 1. The van der Waals surface area contributed by atoms with Crippen molar-refractivity contribution in [1.29, 1.82) is 5.26 Å². The van der Waals surface area contributed by atoms with Crippen molar-refractivity contribution in [2.24, 2.45) is 10.9 Å². The average molecular weight is 641 g/mol. The van der Waals surface area contributed by atoms with E-state index in [9.17, 15) is 10.1 Å². The van der Waals surface area contributed by atoms with Crippen LogP contribution in [0.25, 0.3) is 0 Å². The molecule has 0 radical (unpaired) electrons. The molecular weight excluding hydrogens is 584 g/mol. The zero-order valence-corrected chi connectivity index (χ0v) is 30.1. The Morgan fingerprint density at radius 3 is 2.55 bits per heavy atom. The molecular formula is C40H56N4O3. The Labute approximate surface area is 284 Å². The molecule has 0 aromatic heterocycles.